The van der Waals surface area contributed by atoms with E-state index < -0.39 is 0 Å². The summed E-state index contributed by atoms with van der Waals surface area (Å²) in [6.07, 6.45) is 1.33. The van der Waals surface area contributed by atoms with Crippen LogP contribution in [0.5, 0.6) is 0 Å². The summed E-state index contributed by atoms with van der Waals surface area (Å²) in [7, 11) is 1.82. The molecule has 27 heavy (non-hydrogen) atoms. The number of fused-ring (bicyclic) bond motifs is 1. The van der Waals surface area contributed by atoms with Crippen LogP contribution in [0, 0.1) is 12.7 Å². The van der Waals surface area contributed by atoms with Gasteiger partial charge in [0.05, 0.1) is 0 Å². The highest BCUT2D eigenvalue weighted by atomic mass is 127. The van der Waals surface area contributed by atoms with Crippen LogP contribution in [-0.2, 0) is 11.3 Å². The van der Waals surface area contributed by atoms with E-state index in [1.807, 2.05) is 20.9 Å². The fraction of sp³-hybridized carbons (Fsp3) is 0.474. The first-order valence-electron chi connectivity index (χ1n) is 8.94. The van der Waals surface area contributed by atoms with Gasteiger partial charge in [0.2, 0.25) is 5.91 Å². The quantitative estimate of drug-likeness (QED) is 0.394. The van der Waals surface area contributed by atoms with Crippen molar-refractivity contribution < 1.29 is 13.6 Å². The van der Waals surface area contributed by atoms with E-state index in [9.17, 15) is 9.18 Å². The number of aryl methyl sites for hydroxylation is 1. The van der Waals surface area contributed by atoms with Gasteiger partial charge in [-0.2, -0.15) is 0 Å². The van der Waals surface area contributed by atoms with Crippen molar-refractivity contribution in [3.63, 3.8) is 0 Å². The molecule has 2 N–H and O–H groups in total. The average molecular weight is 488 g/mol. The van der Waals surface area contributed by atoms with Crippen molar-refractivity contribution in [3.05, 3.63) is 35.3 Å². The molecule has 1 aliphatic rings. The van der Waals surface area contributed by atoms with Crippen molar-refractivity contribution in [1.82, 2.24) is 15.5 Å². The molecular weight excluding hydrogens is 462 g/mol. The topological polar surface area (TPSA) is 69.9 Å². The summed E-state index contributed by atoms with van der Waals surface area (Å²) < 4.78 is 19.3. The molecule has 2 heterocycles. The molecule has 1 aliphatic heterocycles. The third kappa shape index (κ3) is 5.12. The van der Waals surface area contributed by atoms with E-state index in [2.05, 4.69) is 15.6 Å². The predicted molar refractivity (Wildman–Crippen MR) is 115 cm³/mol. The van der Waals surface area contributed by atoms with E-state index >= 15 is 0 Å². The monoisotopic (exact) mass is 488 g/mol. The van der Waals surface area contributed by atoms with E-state index in [1.54, 1.807) is 11.0 Å². The number of benzene rings is 1. The first kappa shape index (κ1) is 21.5. The van der Waals surface area contributed by atoms with Crippen LogP contribution in [0.25, 0.3) is 11.0 Å². The summed E-state index contributed by atoms with van der Waals surface area (Å²) in [5.41, 5.74) is 1.57. The summed E-state index contributed by atoms with van der Waals surface area (Å²) in [5.74, 6) is 1.31. The molecule has 6 nitrogen and oxygen atoms in total. The molecule has 0 aliphatic carbocycles. The molecule has 1 atom stereocenters. The zero-order chi connectivity index (χ0) is 18.7. The van der Waals surface area contributed by atoms with Crippen molar-refractivity contribution in [2.45, 2.75) is 39.3 Å². The number of piperidine rings is 1. The van der Waals surface area contributed by atoms with Crippen molar-refractivity contribution >= 4 is 46.8 Å². The molecule has 2 aromatic rings. The molecule has 3 rings (SSSR count). The van der Waals surface area contributed by atoms with Crippen LogP contribution in [0.15, 0.2) is 27.6 Å². The first-order chi connectivity index (χ1) is 12.5. The van der Waals surface area contributed by atoms with Gasteiger partial charge in [0.1, 0.15) is 23.7 Å². The van der Waals surface area contributed by atoms with Gasteiger partial charge in [-0.15, -0.1) is 24.0 Å². The van der Waals surface area contributed by atoms with Gasteiger partial charge in [-0.05, 0) is 38.5 Å². The minimum absolute atomic E-state index is 0. The number of aliphatic imine (C=N–C) groups is 1. The molecule has 1 fully saturated rings. The lowest BCUT2D eigenvalue weighted by Crippen LogP contribution is -2.51. The molecule has 148 valence electrons. The van der Waals surface area contributed by atoms with Crippen LogP contribution in [-0.4, -0.2) is 42.9 Å². The van der Waals surface area contributed by atoms with Crippen molar-refractivity contribution in [2.75, 3.05) is 20.1 Å². The predicted octanol–water partition coefficient (Wildman–Crippen LogP) is 3.17. The van der Waals surface area contributed by atoms with E-state index in [0.717, 1.165) is 29.7 Å². The fourth-order valence-corrected chi connectivity index (χ4v) is 3.19. The molecular formula is C19H26FIN4O2. The standard InChI is InChI=1S/C19H25FN4O2.HI/c1-4-21-19(23-14-6-8-18(25)24(3)11-14)22-10-17-12(2)15-9-13(20)5-7-16(15)26-17;/h5,7,9,14H,4,6,8,10-11H2,1-3H3,(H2,21,22,23);1H. The fourth-order valence-electron chi connectivity index (χ4n) is 3.19. The Hall–Kier alpha value is -1.84. The number of hydrogen-bond donors (Lipinski definition) is 2. The largest absolute Gasteiger partial charge is 0.459 e. The van der Waals surface area contributed by atoms with Crippen LogP contribution >= 0.6 is 24.0 Å². The smallest absolute Gasteiger partial charge is 0.222 e. The van der Waals surface area contributed by atoms with E-state index in [4.69, 9.17) is 4.42 Å². The summed E-state index contributed by atoms with van der Waals surface area (Å²) in [6.45, 7) is 5.67. The van der Waals surface area contributed by atoms with E-state index in [1.165, 1.54) is 12.1 Å². The molecule has 0 bridgehead atoms. The van der Waals surface area contributed by atoms with Gasteiger partial charge in [-0.25, -0.2) is 9.38 Å². The maximum absolute atomic E-state index is 13.4. The Kier molecular flexibility index (Phi) is 7.46. The number of nitrogens with one attached hydrogen (secondary N) is 2. The van der Waals surface area contributed by atoms with Gasteiger partial charge in [0.15, 0.2) is 5.96 Å². The number of carbonyl (C=O) groups is 1. The maximum atomic E-state index is 13.4. The number of furan rings is 1. The highest BCUT2D eigenvalue weighted by Gasteiger charge is 2.23. The Morgan fingerprint density at radius 3 is 2.93 bits per heavy atom. The van der Waals surface area contributed by atoms with Crippen LogP contribution in [0.1, 0.15) is 31.1 Å². The molecule has 1 unspecified atom stereocenters. The Labute approximate surface area is 175 Å². The minimum Gasteiger partial charge on any atom is -0.459 e. The number of rotatable bonds is 4. The Balaban J connectivity index is 0.00000261. The molecule has 1 aromatic heterocycles. The summed E-state index contributed by atoms with van der Waals surface area (Å²) in [5, 5.41) is 7.38. The van der Waals surface area contributed by atoms with E-state index in [0.29, 0.717) is 31.1 Å². The highest BCUT2D eigenvalue weighted by Crippen LogP contribution is 2.26. The van der Waals surface area contributed by atoms with Crippen molar-refractivity contribution in [1.29, 1.82) is 0 Å². The third-order valence-electron chi connectivity index (χ3n) is 4.69. The number of likely N-dealkylation sites (N-methyl/N-ethyl adjacent to an activating group) is 1. The van der Waals surface area contributed by atoms with Crippen LogP contribution in [0.3, 0.4) is 0 Å². The normalized spacial score (nSPS) is 17.8. The Morgan fingerprint density at radius 2 is 2.22 bits per heavy atom. The van der Waals surface area contributed by atoms with Gasteiger partial charge in [-0.3, -0.25) is 4.79 Å². The highest BCUT2D eigenvalue weighted by molar-refractivity contribution is 14.0. The average Bonchev–Trinajstić information content (AvgIpc) is 2.92. The van der Waals surface area contributed by atoms with Crippen LogP contribution < -0.4 is 10.6 Å². The number of guanidine groups is 1. The molecule has 1 saturated heterocycles. The maximum Gasteiger partial charge on any atom is 0.222 e. The van der Waals surface area contributed by atoms with Crippen molar-refractivity contribution in [2.24, 2.45) is 4.99 Å². The number of likely N-dealkylation sites (tertiary alicyclic amines) is 1. The number of nitrogens with zero attached hydrogens (tertiary/aromatic N) is 2. The SMILES string of the molecule is CCNC(=NCc1oc2ccc(F)cc2c1C)NC1CCC(=O)N(C)C1.I. The lowest BCUT2D eigenvalue weighted by atomic mass is 10.1. The van der Waals surface area contributed by atoms with Gasteiger partial charge in [-0.1, -0.05) is 0 Å². The van der Waals surface area contributed by atoms with Crippen molar-refractivity contribution in [3.8, 4) is 0 Å². The zero-order valence-electron chi connectivity index (χ0n) is 15.8. The summed E-state index contributed by atoms with van der Waals surface area (Å²) in [6, 6.07) is 4.69. The number of hydrogen-bond acceptors (Lipinski definition) is 3. The first-order valence-corrected chi connectivity index (χ1v) is 8.94. The second kappa shape index (κ2) is 9.38. The molecule has 0 radical (unpaired) electrons. The molecule has 0 saturated carbocycles. The van der Waals surface area contributed by atoms with Gasteiger partial charge < -0.3 is 20.0 Å². The molecule has 8 heteroatoms. The second-order valence-corrected chi connectivity index (χ2v) is 6.64. The Morgan fingerprint density at radius 1 is 1.44 bits per heavy atom. The lowest BCUT2D eigenvalue weighted by molar-refractivity contribution is -0.132. The molecule has 1 aromatic carbocycles. The molecule has 1 amide bonds. The number of carbonyl (C=O) groups excluding carboxylic acids is 1. The lowest BCUT2D eigenvalue weighted by Gasteiger charge is -2.31. The summed E-state index contributed by atoms with van der Waals surface area (Å²) >= 11 is 0. The minimum atomic E-state index is -0.276. The van der Waals surface area contributed by atoms with Crippen LogP contribution in [0.4, 0.5) is 4.39 Å². The third-order valence-corrected chi connectivity index (χ3v) is 4.69. The van der Waals surface area contributed by atoms with Crippen LogP contribution in [0.2, 0.25) is 0 Å². The second-order valence-electron chi connectivity index (χ2n) is 6.64. The number of amides is 1. The van der Waals surface area contributed by atoms with Gasteiger partial charge >= 0.3 is 0 Å². The Bertz CT molecular complexity index is 836. The van der Waals surface area contributed by atoms with E-state index in [-0.39, 0.29) is 41.7 Å². The molecule has 0 spiro atoms. The number of halogens is 2. The summed E-state index contributed by atoms with van der Waals surface area (Å²) in [4.78, 5) is 18.0. The zero-order valence-corrected chi connectivity index (χ0v) is 18.2. The van der Waals surface area contributed by atoms with Gasteiger partial charge in [0.25, 0.3) is 0 Å². The van der Waals surface area contributed by atoms with Gasteiger partial charge in [0, 0.05) is 43.5 Å².